The fourth-order valence-corrected chi connectivity index (χ4v) is 1.93. The third kappa shape index (κ3) is 2.28. The first kappa shape index (κ1) is 10.0. The quantitative estimate of drug-likeness (QED) is 0.529. The normalized spacial score (nSPS) is 30.6. The van der Waals surface area contributed by atoms with Crippen molar-refractivity contribution in [2.45, 2.75) is 9.70 Å². The SMILES string of the molecule is ClC1(Br)C=CC(c2ccccc2)C=C1. The molecular weight excluding hydrogens is 259 g/mol. The van der Waals surface area contributed by atoms with Crippen molar-refractivity contribution in [1.82, 2.24) is 0 Å². The van der Waals surface area contributed by atoms with Gasteiger partial charge in [-0.25, -0.2) is 0 Å². The Bertz CT molecular complexity index is 349. The predicted molar refractivity (Wildman–Crippen MR) is 65.0 cm³/mol. The number of alkyl halides is 2. The lowest BCUT2D eigenvalue weighted by Crippen LogP contribution is -2.08. The van der Waals surface area contributed by atoms with E-state index in [1.165, 1.54) is 5.56 Å². The van der Waals surface area contributed by atoms with Crippen molar-refractivity contribution >= 4 is 27.5 Å². The summed E-state index contributed by atoms with van der Waals surface area (Å²) < 4.78 is -0.488. The molecule has 0 saturated carbocycles. The highest BCUT2D eigenvalue weighted by molar-refractivity contribution is 9.10. The molecule has 0 atom stereocenters. The summed E-state index contributed by atoms with van der Waals surface area (Å²) in [5.41, 5.74) is 1.29. The van der Waals surface area contributed by atoms with Crippen LogP contribution in [-0.4, -0.2) is 3.78 Å². The minimum absolute atomic E-state index is 0.348. The highest BCUT2D eigenvalue weighted by Gasteiger charge is 2.20. The molecule has 0 radical (unpaired) electrons. The van der Waals surface area contributed by atoms with Crippen LogP contribution in [0.4, 0.5) is 0 Å². The van der Waals surface area contributed by atoms with Crippen LogP contribution in [0, 0.1) is 0 Å². The van der Waals surface area contributed by atoms with Crippen LogP contribution >= 0.6 is 27.5 Å². The largest absolute Gasteiger partial charge is 0.135 e. The molecule has 0 heterocycles. The molecule has 0 N–H and O–H groups in total. The minimum Gasteiger partial charge on any atom is -0.0974 e. The Kier molecular flexibility index (Phi) is 2.80. The molecule has 0 fully saturated rings. The van der Waals surface area contributed by atoms with Gasteiger partial charge in [-0.3, -0.25) is 0 Å². The van der Waals surface area contributed by atoms with Gasteiger partial charge in [-0.15, -0.1) is 0 Å². The minimum atomic E-state index is -0.488. The van der Waals surface area contributed by atoms with Gasteiger partial charge in [-0.05, 0) is 5.56 Å². The molecule has 0 bridgehead atoms. The Labute approximate surface area is 97.4 Å². The molecule has 0 spiro atoms. The molecule has 0 amide bonds. The van der Waals surface area contributed by atoms with Crippen LogP contribution in [0.3, 0.4) is 0 Å². The third-order valence-electron chi connectivity index (χ3n) is 2.24. The van der Waals surface area contributed by atoms with Crippen molar-refractivity contribution < 1.29 is 0 Å². The van der Waals surface area contributed by atoms with Crippen LogP contribution < -0.4 is 0 Å². The second-order valence-electron chi connectivity index (χ2n) is 3.33. The standard InChI is InChI=1S/C12H10BrCl/c13-12(14)8-6-11(7-9-12)10-4-2-1-3-5-10/h1-9,11H. The Morgan fingerprint density at radius 3 is 2.21 bits per heavy atom. The van der Waals surface area contributed by atoms with E-state index in [9.17, 15) is 0 Å². The Hall–Kier alpha value is -0.530. The second-order valence-corrected chi connectivity index (χ2v) is 5.72. The fraction of sp³-hybridized carbons (Fsp3) is 0.167. The Morgan fingerprint density at radius 2 is 1.64 bits per heavy atom. The van der Waals surface area contributed by atoms with E-state index in [4.69, 9.17) is 11.6 Å². The van der Waals surface area contributed by atoms with E-state index >= 15 is 0 Å². The smallest absolute Gasteiger partial charge is 0.0974 e. The number of rotatable bonds is 1. The first-order valence-corrected chi connectivity index (χ1v) is 5.66. The van der Waals surface area contributed by atoms with Crippen LogP contribution in [0.25, 0.3) is 0 Å². The molecule has 1 aromatic rings. The van der Waals surface area contributed by atoms with Crippen molar-refractivity contribution in [3.05, 3.63) is 60.2 Å². The highest BCUT2D eigenvalue weighted by atomic mass is 79.9. The van der Waals surface area contributed by atoms with Crippen molar-refractivity contribution in [1.29, 1.82) is 0 Å². The molecule has 2 heteroatoms. The molecule has 1 aromatic carbocycles. The Balaban J connectivity index is 2.22. The zero-order chi connectivity index (χ0) is 10.0. The van der Waals surface area contributed by atoms with E-state index in [1.807, 2.05) is 30.4 Å². The number of allylic oxidation sites excluding steroid dienone is 4. The van der Waals surface area contributed by atoms with Gasteiger partial charge in [0, 0.05) is 5.92 Å². The predicted octanol–water partition coefficient (Wildman–Crippen LogP) is 4.23. The van der Waals surface area contributed by atoms with E-state index in [-0.39, 0.29) is 0 Å². The Morgan fingerprint density at radius 1 is 1.07 bits per heavy atom. The monoisotopic (exact) mass is 268 g/mol. The van der Waals surface area contributed by atoms with E-state index in [0.717, 1.165) is 0 Å². The summed E-state index contributed by atoms with van der Waals surface area (Å²) >= 11 is 9.45. The molecular formula is C12H10BrCl. The van der Waals surface area contributed by atoms with E-state index in [0.29, 0.717) is 5.92 Å². The first-order chi connectivity index (χ1) is 6.67. The molecule has 1 aliphatic rings. The number of hydrogen-bond donors (Lipinski definition) is 0. The van der Waals surface area contributed by atoms with E-state index in [2.05, 4.69) is 40.2 Å². The molecule has 0 unspecified atom stereocenters. The molecule has 0 aliphatic heterocycles. The summed E-state index contributed by atoms with van der Waals surface area (Å²) in [6.45, 7) is 0. The molecule has 2 rings (SSSR count). The van der Waals surface area contributed by atoms with E-state index < -0.39 is 3.78 Å². The molecule has 0 nitrogen and oxygen atoms in total. The van der Waals surface area contributed by atoms with Gasteiger partial charge in [-0.2, -0.15) is 0 Å². The lowest BCUT2D eigenvalue weighted by molar-refractivity contribution is 1.03. The molecule has 0 aromatic heterocycles. The summed E-state index contributed by atoms with van der Waals surface area (Å²) in [4.78, 5) is 0. The van der Waals surface area contributed by atoms with Gasteiger partial charge >= 0.3 is 0 Å². The third-order valence-corrected chi connectivity index (χ3v) is 3.02. The number of halogens is 2. The lowest BCUT2D eigenvalue weighted by atomic mass is 9.95. The molecule has 72 valence electrons. The summed E-state index contributed by atoms with van der Waals surface area (Å²) in [5, 5.41) is 0. The fourth-order valence-electron chi connectivity index (χ4n) is 1.48. The van der Waals surface area contributed by atoms with Crippen molar-refractivity contribution in [2.75, 3.05) is 0 Å². The van der Waals surface area contributed by atoms with Crippen molar-refractivity contribution in [3.8, 4) is 0 Å². The van der Waals surface area contributed by atoms with Gasteiger partial charge in [0.05, 0.1) is 0 Å². The molecule has 14 heavy (non-hydrogen) atoms. The lowest BCUT2D eigenvalue weighted by Gasteiger charge is -2.18. The zero-order valence-corrected chi connectivity index (χ0v) is 9.87. The topological polar surface area (TPSA) is 0 Å². The molecule has 0 saturated heterocycles. The number of benzene rings is 1. The van der Waals surface area contributed by atoms with Gasteiger partial charge < -0.3 is 0 Å². The summed E-state index contributed by atoms with van der Waals surface area (Å²) in [7, 11) is 0. The summed E-state index contributed by atoms with van der Waals surface area (Å²) in [6.07, 6.45) is 8.15. The maximum Gasteiger partial charge on any atom is 0.135 e. The zero-order valence-electron chi connectivity index (χ0n) is 7.53. The molecule has 1 aliphatic carbocycles. The van der Waals surface area contributed by atoms with Gasteiger partial charge in [0.25, 0.3) is 0 Å². The van der Waals surface area contributed by atoms with Crippen LogP contribution in [0.15, 0.2) is 54.6 Å². The summed E-state index contributed by atoms with van der Waals surface area (Å²) in [5.74, 6) is 0.348. The van der Waals surface area contributed by atoms with Gasteiger partial charge in [0.1, 0.15) is 3.78 Å². The van der Waals surface area contributed by atoms with E-state index in [1.54, 1.807) is 0 Å². The summed E-state index contributed by atoms with van der Waals surface area (Å²) in [6, 6.07) is 10.4. The van der Waals surface area contributed by atoms with Gasteiger partial charge in [-0.1, -0.05) is 82.2 Å². The van der Waals surface area contributed by atoms with Crippen LogP contribution in [0.2, 0.25) is 0 Å². The maximum absolute atomic E-state index is 6.07. The average Bonchev–Trinajstić information content (AvgIpc) is 2.19. The van der Waals surface area contributed by atoms with Crippen molar-refractivity contribution in [2.24, 2.45) is 0 Å². The van der Waals surface area contributed by atoms with Gasteiger partial charge in [0.2, 0.25) is 0 Å². The van der Waals surface area contributed by atoms with Crippen LogP contribution in [0.1, 0.15) is 11.5 Å². The van der Waals surface area contributed by atoms with Crippen molar-refractivity contribution in [3.63, 3.8) is 0 Å². The number of hydrogen-bond acceptors (Lipinski definition) is 0. The maximum atomic E-state index is 6.07. The average molecular weight is 270 g/mol. The van der Waals surface area contributed by atoms with Gasteiger partial charge in [0.15, 0.2) is 0 Å². The van der Waals surface area contributed by atoms with Crippen LogP contribution in [0.5, 0.6) is 0 Å². The highest BCUT2D eigenvalue weighted by Crippen LogP contribution is 2.34. The second kappa shape index (κ2) is 3.92. The first-order valence-electron chi connectivity index (χ1n) is 4.49. The van der Waals surface area contributed by atoms with Crippen LogP contribution in [-0.2, 0) is 0 Å².